The van der Waals surface area contributed by atoms with E-state index in [2.05, 4.69) is 22.5 Å². The maximum absolute atomic E-state index is 13.6. The zero-order valence-electron chi connectivity index (χ0n) is 18.5. The van der Waals surface area contributed by atoms with Gasteiger partial charge in [0.2, 0.25) is 11.7 Å². The van der Waals surface area contributed by atoms with Crippen LogP contribution in [0.2, 0.25) is 0 Å². The van der Waals surface area contributed by atoms with Crippen molar-refractivity contribution >= 4 is 17.6 Å². The first kappa shape index (κ1) is 20.7. The van der Waals surface area contributed by atoms with Crippen LogP contribution in [0.4, 0.5) is 0 Å². The number of rotatable bonds is 2. The number of hydrogen-bond donors (Lipinski definition) is 1. The van der Waals surface area contributed by atoms with Gasteiger partial charge in [-0.2, -0.15) is 0 Å². The van der Waals surface area contributed by atoms with Crippen LogP contribution in [-0.4, -0.2) is 70.2 Å². The maximum atomic E-state index is 13.6. The molecule has 7 heteroatoms. The fourth-order valence-corrected chi connectivity index (χ4v) is 5.90. The summed E-state index contributed by atoms with van der Waals surface area (Å²) in [5.74, 6) is 0.314. The predicted molar refractivity (Wildman–Crippen MR) is 120 cm³/mol. The summed E-state index contributed by atoms with van der Waals surface area (Å²) >= 11 is 0. The van der Waals surface area contributed by atoms with E-state index >= 15 is 0 Å². The summed E-state index contributed by atoms with van der Waals surface area (Å²) in [5.41, 5.74) is 3.84. The molecular formula is C24H35N5O2. The van der Waals surface area contributed by atoms with E-state index in [1.807, 2.05) is 11.0 Å². The normalized spacial score (nSPS) is 29.2. The Morgan fingerprint density at radius 2 is 1.65 bits per heavy atom. The number of nitrogens with zero attached hydrogens (tertiary/aromatic N) is 4. The fraction of sp³-hybridized carbons (Fsp3) is 0.708. The van der Waals surface area contributed by atoms with Gasteiger partial charge in [-0.1, -0.05) is 44.3 Å². The Balaban J connectivity index is 1.30. The van der Waals surface area contributed by atoms with Crippen LogP contribution in [0.25, 0.3) is 0 Å². The van der Waals surface area contributed by atoms with Crippen molar-refractivity contribution in [2.45, 2.75) is 88.8 Å². The summed E-state index contributed by atoms with van der Waals surface area (Å²) in [4.78, 5) is 34.8. The van der Waals surface area contributed by atoms with Crippen molar-refractivity contribution in [2.75, 3.05) is 19.6 Å². The van der Waals surface area contributed by atoms with Gasteiger partial charge in [-0.05, 0) is 38.2 Å². The van der Waals surface area contributed by atoms with E-state index in [1.165, 1.54) is 44.9 Å². The minimum atomic E-state index is -0.0515. The summed E-state index contributed by atoms with van der Waals surface area (Å²) in [6.07, 6.45) is 19.0. The molecular weight excluding hydrogens is 390 g/mol. The lowest BCUT2D eigenvalue weighted by atomic mass is 9.92. The molecule has 5 aliphatic rings. The number of nitrogens with one attached hydrogen (secondary N) is 1. The van der Waals surface area contributed by atoms with E-state index in [0.29, 0.717) is 18.8 Å². The van der Waals surface area contributed by atoms with E-state index in [0.717, 1.165) is 44.1 Å². The molecule has 168 valence electrons. The number of piperidine rings is 1. The molecule has 0 aromatic heterocycles. The van der Waals surface area contributed by atoms with Crippen LogP contribution in [-0.2, 0) is 9.59 Å². The average Bonchev–Trinajstić information content (AvgIpc) is 3.19. The Kier molecular flexibility index (Phi) is 6.12. The highest BCUT2D eigenvalue weighted by Crippen LogP contribution is 2.33. The maximum Gasteiger partial charge on any atom is 0.295 e. The van der Waals surface area contributed by atoms with Crippen molar-refractivity contribution in [1.29, 1.82) is 0 Å². The Labute approximate surface area is 185 Å². The van der Waals surface area contributed by atoms with Crippen molar-refractivity contribution in [3.63, 3.8) is 0 Å². The van der Waals surface area contributed by atoms with Crippen LogP contribution in [0, 0.1) is 0 Å². The third kappa shape index (κ3) is 4.29. The van der Waals surface area contributed by atoms with Gasteiger partial charge in [0, 0.05) is 37.3 Å². The molecule has 1 unspecified atom stereocenters. The molecule has 2 aliphatic carbocycles. The van der Waals surface area contributed by atoms with Crippen LogP contribution < -0.4 is 5.43 Å². The van der Waals surface area contributed by atoms with Crippen LogP contribution in [0.15, 0.2) is 28.9 Å². The zero-order chi connectivity index (χ0) is 21.2. The lowest BCUT2D eigenvalue weighted by molar-refractivity contribution is -0.127. The van der Waals surface area contributed by atoms with Gasteiger partial charge >= 0.3 is 0 Å². The third-order valence-corrected chi connectivity index (χ3v) is 7.60. The molecule has 3 aliphatic heterocycles. The minimum absolute atomic E-state index is 0.0289. The second-order valence-electron chi connectivity index (χ2n) is 9.60. The van der Waals surface area contributed by atoms with Crippen LogP contribution in [0.3, 0.4) is 0 Å². The van der Waals surface area contributed by atoms with Crippen LogP contribution >= 0.6 is 0 Å². The van der Waals surface area contributed by atoms with Gasteiger partial charge in [0.25, 0.3) is 5.91 Å². The van der Waals surface area contributed by atoms with E-state index in [9.17, 15) is 9.59 Å². The molecule has 3 fully saturated rings. The number of allylic oxidation sites excluding steroid dienone is 2. The summed E-state index contributed by atoms with van der Waals surface area (Å²) < 4.78 is 0. The lowest BCUT2D eigenvalue weighted by Crippen LogP contribution is -2.58. The van der Waals surface area contributed by atoms with E-state index < -0.39 is 0 Å². The van der Waals surface area contributed by atoms with Gasteiger partial charge in [-0.15, -0.1) is 0 Å². The first-order valence-electron chi connectivity index (χ1n) is 12.3. The van der Waals surface area contributed by atoms with Crippen molar-refractivity contribution < 1.29 is 9.59 Å². The van der Waals surface area contributed by atoms with Gasteiger partial charge in [-0.3, -0.25) is 25.0 Å². The third-order valence-electron chi connectivity index (χ3n) is 7.60. The highest BCUT2D eigenvalue weighted by atomic mass is 16.2. The number of amides is 2. The monoisotopic (exact) mass is 425 g/mol. The quantitative estimate of drug-likeness (QED) is 0.739. The van der Waals surface area contributed by atoms with Crippen LogP contribution in [0.5, 0.6) is 0 Å². The Morgan fingerprint density at radius 3 is 2.35 bits per heavy atom. The molecule has 2 saturated heterocycles. The highest BCUT2D eigenvalue weighted by Gasteiger charge is 2.42. The van der Waals surface area contributed by atoms with E-state index in [4.69, 9.17) is 4.99 Å². The first-order valence-corrected chi connectivity index (χ1v) is 12.3. The summed E-state index contributed by atoms with van der Waals surface area (Å²) in [6, 6.07) is 0.903. The van der Waals surface area contributed by atoms with Crippen molar-refractivity contribution in [1.82, 2.24) is 20.2 Å². The molecule has 5 rings (SSSR count). The SMILES string of the molecule is O=C1CCN(C2=NC3CC=CC=C3N(C3CCN(C4CCCCCCC4)CC3)C2=O)N1. The van der Waals surface area contributed by atoms with Gasteiger partial charge in [0.1, 0.15) is 0 Å². The standard InChI is InChI=1S/C24H35N5O2/c30-22-14-17-28(26-22)23-24(31)29(21-11-7-6-10-20(21)25-23)19-12-15-27(16-13-19)18-8-4-2-1-3-5-9-18/h6-7,11,18-20H,1-5,8-10,12-17H2,(H,26,30). The second-order valence-corrected chi connectivity index (χ2v) is 9.60. The zero-order valence-corrected chi connectivity index (χ0v) is 18.5. The molecule has 0 spiro atoms. The van der Waals surface area contributed by atoms with Crippen LogP contribution in [0.1, 0.15) is 70.6 Å². The average molecular weight is 426 g/mol. The number of hydrazine groups is 1. The highest BCUT2D eigenvalue weighted by molar-refractivity contribution is 6.39. The van der Waals surface area contributed by atoms with Gasteiger partial charge in [0.15, 0.2) is 0 Å². The lowest BCUT2D eigenvalue weighted by Gasteiger charge is -2.45. The molecule has 0 radical (unpaired) electrons. The fourth-order valence-electron chi connectivity index (χ4n) is 5.90. The summed E-state index contributed by atoms with van der Waals surface area (Å²) in [5, 5.41) is 1.66. The summed E-state index contributed by atoms with van der Waals surface area (Å²) in [7, 11) is 0. The Hall–Kier alpha value is -2.15. The Bertz CT molecular complexity index is 788. The van der Waals surface area contributed by atoms with E-state index in [-0.39, 0.29) is 23.9 Å². The number of aliphatic imine (C=N–C) groups is 1. The largest absolute Gasteiger partial charge is 0.304 e. The topological polar surface area (TPSA) is 68.2 Å². The number of likely N-dealkylation sites (tertiary alicyclic amines) is 1. The second kappa shape index (κ2) is 9.15. The minimum Gasteiger partial charge on any atom is -0.304 e. The molecule has 7 nitrogen and oxygen atoms in total. The molecule has 1 N–H and O–H groups in total. The Morgan fingerprint density at radius 1 is 0.903 bits per heavy atom. The van der Waals surface area contributed by atoms with Gasteiger partial charge in [-0.25, -0.2) is 0 Å². The number of carbonyl (C=O) groups excluding carboxylic acids is 2. The first-order chi connectivity index (χ1) is 15.2. The molecule has 3 heterocycles. The molecule has 31 heavy (non-hydrogen) atoms. The predicted octanol–water partition coefficient (Wildman–Crippen LogP) is 2.75. The molecule has 0 bridgehead atoms. The molecule has 1 atom stereocenters. The van der Waals surface area contributed by atoms with E-state index in [1.54, 1.807) is 5.01 Å². The number of hydrogen-bond acceptors (Lipinski definition) is 5. The molecule has 2 amide bonds. The van der Waals surface area contributed by atoms with Gasteiger partial charge in [0.05, 0.1) is 12.6 Å². The molecule has 0 aromatic rings. The molecule has 1 saturated carbocycles. The van der Waals surface area contributed by atoms with Crippen molar-refractivity contribution in [3.05, 3.63) is 23.9 Å². The van der Waals surface area contributed by atoms with Crippen molar-refractivity contribution in [3.8, 4) is 0 Å². The number of fused-ring (bicyclic) bond motifs is 1. The number of amidine groups is 1. The smallest absolute Gasteiger partial charge is 0.295 e. The van der Waals surface area contributed by atoms with Crippen molar-refractivity contribution in [2.24, 2.45) is 4.99 Å². The summed E-state index contributed by atoms with van der Waals surface area (Å²) in [6.45, 7) is 2.65. The molecule has 0 aromatic carbocycles. The van der Waals surface area contributed by atoms with Gasteiger partial charge < -0.3 is 9.80 Å². The number of carbonyl (C=O) groups is 2.